The number of para-hydroxylation sites is 1. The van der Waals surface area contributed by atoms with Gasteiger partial charge in [-0.2, -0.15) is 0 Å². The van der Waals surface area contributed by atoms with Crippen molar-refractivity contribution in [1.82, 2.24) is 9.88 Å². The Hall–Kier alpha value is -3.93. The van der Waals surface area contributed by atoms with E-state index in [4.69, 9.17) is 0 Å². The van der Waals surface area contributed by atoms with Gasteiger partial charge < -0.3 is 9.88 Å². The van der Waals surface area contributed by atoms with Crippen LogP contribution in [0, 0.1) is 12.7 Å². The van der Waals surface area contributed by atoms with Gasteiger partial charge in [-0.1, -0.05) is 67.8 Å². The zero-order valence-electron chi connectivity index (χ0n) is 21.1. The van der Waals surface area contributed by atoms with Gasteiger partial charge in [0.25, 0.3) is 0 Å². The second kappa shape index (κ2) is 11.0. The van der Waals surface area contributed by atoms with Gasteiger partial charge in [0.15, 0.2) is 0 Å². The molecule has 0 aliphatic heterocycles. The number of nitrogens with one attached hydrogen (secondary N) is 1. The Balaban J connectivity index is 1.57. The second-order valence-corrected chi connectivity index (χ2v) is 9.85. The predicted molar refractivity (Wildman–Crippen MR) is 145 cm³/mol. The highest BCUT2D eigenvalue weighted by molar-refractivity contribution is 6.02. The van der Waals surface area contributed by atoms with Gasteiger partial charge in [-0.25, -0.2) is 4.39 Å². The van der Waals surface area contributed by atoms with Crippen LogP contribution in [-0.2, 0) is 16.1 Å². The zero-order chi connectivity index (χ0) is 25.8. The molecule has 6 heteroatoms. The van der Waals surface area contributed by atoms with Crippen molar-refractivity contribution >= 4 is 28.4 Å². The summed E-state index contributed by atoms with van der Waals surface area (Å²) in [6, 6.07) is 22.5. The Morgan fingerprint density at radius 2 is 1.73 bits per heavy atom. The fourth-order valence-electron chi connectivity index (χ4n) is 5.38. The van der Waals surface area contributed by atoms with Crippen molar-refractivity contribution in [2.45, 2.75) is 57.7 Å². The van der Waals surface area contributed by atoms with Crippen molar-refractivity contribution in [2.75, 3.05) is 4.90 Å². The van der Waals surface area contributed by atoms with E-state index in [1.165, 1.54) is 23.5 Å². The average molecular weight is 498 g/mol. The Labute approximate surface area is 216 Å². The first-order valence-corrected chi connectivity index (χ1v) is 13.0. The molecular weight excluding hydrogens is 465 g/mol. The van der Waals surface area contributed by atoms with Crippen molar-refractivity contribution in [1.29, 1.82) is 0 Å². The van der Waals surface area contributed by atoms with Crippen LogP contribution >= 0.6 is 0 Å². The number of anilines is 1. The van der Waals surface area contributed by atoms with Crippen molar-refractivity contribution in [2.24, 2.45) is 0 Å². The van der Waals surface area contributed by atoms with Crippen LogP contribution in [0.5, 0.6) is 0 Å². The van der Waals surface area contributed by atoms with Crippen LogP contribution < -0.4 is 10.2 Å². The lowest BCUT2D eigenvalue weighted by Gasteiger charge is -2.34. The molecule has 0 saturated heterocycles. The average Bonchev–Trinajstić information content (AvgIpc) is 3.31. The monoisotopic (exact) mass is 497 g/mol. The highest BCUT2D eigenvalue weighted by Gasteiger charge is 2.35. The molecule has 1 aromatic heterocycles. The third kappa shape index (κ3) is 5.43. The lowest BCUT2D eigenvalue weighted by Crippen LogP contribution is -2.48. The zero-order valence-corrected chi connectivity index (χ0v) is 21.1. The van der Waals surface area contributed by atoms with E-state index in [0.717, 1.165) is 47.7 Å². The molecule has 1 N–H and O–H groups in total. The summed E-state index contributed by atoms with van der Waals surface area (Å²) in [7, 11) is 0. The maximum atomic E-state index is 14.5. The molecule has 1 aliphatic rings. The summed E-state index contributed by atoms with van der Waals surface area (Å²) >= 11 is 0. The van der Waals surface area contributed by atoms with Gasteiger partial charge in [0.2, 0.25) is 11.8 Å². The fraction of sp³-hybridized carbons (Fsp3) is 0.290. The molecule has 0 bridgehead atoms. The van der Waals surface area contributed by atoms with E-state index in [0.29, 0.717) is 5.69 Å². The molecule has 37 heavy (non-hydrogen) atoms. The number of amides is 2. The van der Waals surface area contributed by atoms with Crippen LogP contribution in [0.2, 0.25) is 0 Å². The van der Waals surface area contributed by atoms with Gasteiger partial charge >= 0.3 is 0 Å². The molecule has 1 saturated carbocycles. The summed E-state index contributed by atoms with van der Waals surface area (Å²) in [4.78, 5) is 29.5. The molecule has 1 unspecified atom stereocenters. The summed E-state index contributed by atoms with van der Waals surface area (Å²) in [6.07, 6.45) is 7.05. The Kier molecular flexibility index (Phi) is 7.35. The first-order valence-electron chi connectivity index (χ1n) is 13.0. The number of halogens is 1. The number of carbonyl (C=O) groups is 2. The third-order valence-electron chi connectivity index (χ3n) is 7.28. The highest BCUT2D eigenvalue weighted by atomic mass is 19.1. The number of aryl methyl sites for hydroxylation is 1. The number of hydrogen-bond donors (Lipinski definition) is 1. The van der Waals surface area contributed by atoms with Crippen LogP contribution in [-0.4, -0.2) is 22.4 Å². The largest absolute Gasteiger partial charge is 0.351 e. The fourth-order valence-corrected chi connectivity index (χ4v) is 5.38. The predicted octanol–water partition coefficient (Wildman–Crippen LogP) is 6.31. The topological polar surface area (TPSA) is 54.3 Å². The molecule has 190 valence electrons. The van der Waals surface area contributed by atoms with Gasteiger partial charge in [0.05, 0.1) is 0 Å². The number of benzene rings is 3. The highest BCUT2D eigenvalue weighted by Crippen LogP contribution is 2.32. The molecule has 1 aliphatic carbocycles. The van der Waals surface area contributed by atoms with E-state index in [-0.39, 0.29) is 24.4 Å². The van der Waals surface area contributed by atoms with E-state index >= 15 is 0 Å². The van der Waals surface area contributed by atoms with Crippen molar-refractivity contribution in [3.05, 3.63) is 102 Å². The molecule has 1 atom stereocenters. The maximum Gasteiger partial charge on any atom is 0.248 e. The molecular formula is C31H32FN3O2. The second-order valence-electron chi connectivity index (χ2n) is 9.85. The molecule has 5 rings (SSSR count). The maximum absolute atomic E-state index is 14.5. The van der Waals surface area contributed by atoms with Gasteiger partial charge in [0, 0.05) is 23.4 Å². The summed E-state index contributed by atoms with van der Waals surface area (Å²) in [5.74, 6) is -0.992. The Morgan fingerprint density at radius 3 is 2.51 bits per heavy atom. The molecule has 4 aromatic rings. The third-order valence-corrected chi connectivity index (χ3v) is 7.28. The smallest absolute Gasteiger partial charge is 0.248 e. The van der Waals surface area contributed by atoms with E-state index in [1.54, 1.807) is 12.1 Å². The molecule has 0 radical (unpaired) electrons. The molecule has 5 nitrogen and oxygen atoms in total. The number of carbonyl (C=O) groups excluding carboxylic acids is 2. The van der Waals surface area contributed by atoms with E-state index in [9.17, 15) is 14.0 Å². The summed E-state index contributed by atoms with van der Waals surface area (Å²) < 4.78 is 16.3. The quantitative estimate of drug-likeness (QED) is 0.325. The molecule has 3 aromatic carbocycles. The van der Waals surface area contributed by atoms with Gasteiger partial charge in [-0.05, 0) is 66.6 Å². The molecule has 0 spiro atoms. The lowest BCUT2D eigenvalue weighted by molar-refractivity contribution is -0.127. The van der Waals surface area contributed by atoms with Gasteiger partial charge in [0.1, 0.15) is 18.4 Å². The standard InChI is InChI=1S/C31H32FN3O2/c1-22-10-5-7-16-27(22)30(31(37)33-25-13-3-2-4-14-25)35(26-15-9-12-24(32)20-26)29(36)21-34-19-18-23-11-6-8-17-28(23)34/h5-12,15-20,25,30H,2-4,13-14,21H2,1H3,(H,33,37). The Bertz CT molecular complexity index is 1410. The number of hydrogen-bond acceptors (Lipinski definition) is 2. The van der Waals surface area contributed by atoms with Crippen LogP contribution in [0.25, 0.3) is 10.9 Å². The number of rotatable bonds is 7. The van der Waals surface area contributed by atoms with E-state index < -0.39 is 11.9 Å². The van der Waals surface area contributed by atoms with Gasteiger partial charge in [-0.15, -0.1) is 0 Å². The van der Waals surface area contributed by atoms with Crippen molar-refractivity contribution < 1.29 is 14.0 Å². The van der Waals surface area contributed by atoms with Crippen molar-refractivity contribution in [3.8, 4) is 0 Å². The Morgan fingerprint density at radius 1 is 0.973 bits per heavy atom. The minimum Gasteiger partial charge on any atom is -0.351 e. The lowest BCUT2D eigenvalue weighted by atomic mass is 9.93. The van der Waals surface area contributed by atoms with E-state index in [1.807, 2.05) is 72.3 Å². The van der Waals surface area contributed by atoms with Gasteiger partial charge in [-0.3, -0.25) is 14.5 Å². The first-order chi connectivity index (χ1) is 18.0. The van der Waals surface area contributed by atoms with Crippen LogP contribution in [0.1, 0.15) is 49.3 Å². The number of fused-ring (bicyclic) bond motifs is 1. The summed E-state index contributed by atoms with van der Waals surface area (Å²) in [6.45, 7) is 1.95. The minimum atomic E-state index is -0.931. The number of aromatic nitrogens is 1. The summed E-state index contributed by atoms with van der Waals surface area (Å²) in [5.41, 5.74) is 2.90. The van der Waals surface area contributed by atoms with E-state index in [2.05, 4.69) is 5.32 Å². The SMILES string of the molecule is Cc1ccccc1C(C(=O)NC1CCCCC1)N(C(=O)Cn1ccc2ccccc21)c1cccc(F)c1. The minimum absolute atomic E-state index is 0.0170. The number of nitrogens with zero attached hydrogens (tertiary/aromatic N) is 2. The molecule has 2 amide bonds. The van der Waals surface area contributed by atoms with Crippen LogP contribution in [0.3, 0.4) is 0 Å². The molecule has 1 heterocycles. The summed E-state index contributed by atoms with van der Waals surface area (Å²) in [5, 5.41) is 4.25. The van der Waals surface area contributed by atoms with Crippen LogP contribution in [0.4, 0.5) is 10.1 Å². The first kappa shape index (κ1) is 24.8. The normalized spacial score (nSPS) is 14.9. The van der Waals surface area contributed by atoms with Crippen LogP contribution in [0.15, 0.2) is 85.1 Å². The molecule has 1 fully saturated rings. The van der Waals surface area contributed by atoms with Crippen molar-refractivity contribution in [3.63, 3.8) is 0 Å².